The van der Waals surface area contributed by atoms with Crippen molar-refractivity contribution in [3.05, 3.63) is 48.6 Å². The van der Waals surface area contributed by atoms with Gasteiger partial charge in [0, 0.05) is 6.04 Å². The summed E-state index contributed by atoms with van der Waals surface area (Å²) in [5.74, 6) is 0.357. The van der Waals surface area contributed by atoms with Gasteiger partial charge in [-0.1, -0.05) is 30.3 Å². The second-order valence-corrected chi connectivity index (χ2v) is 6.46. The number of hydrogen-bond acceptors (Lipinski definition) is 4. The van der Waals surface area contributed by atoms with Gasteiger partial charge in [-0.3, -0.25) is 0 Å². The molecule has 1 aromatic carbocycles. The van der Waals surface area contributed by atoms with E-state index in [-0.39, 0.29) is 11.8 Å². The zero-order valence-corrected chi connectivity index (χ0v) is 11.1. The Kier molecular flexibility index (Phi) is 3.02. The van der Waals surface area contributed by atoms with Crippen LogP contribution in [0.15, 0.2) is 47.4 Å². The molecule has 2 aromatic rings. The SMILES string of the molecule is O=S(=O)(Cc1ccccc1)N(c1cocn1)C1CC1. The monoisotopic (exact) mass is 278 g/mol. The van der Waals surface area contributed by atoms with E-state index in [0.29, 0.717) is 5.82 Å². The third-order valence-electron chi connectivity index (χ3n) is 3.02. The maximum absolute atomic E-state index is 12.5. The molecule has 19 heavy (non-hydrogen) atoms. The van der Waals surface area contributed by atoms with Crippen LogP contribution in [0.2, 0.25) is 0 Å². The van der Waals surface area contributed by atoms with Crippen LogP contribution in [-0.4, -0.2) is 19.4 Å². The average molecular weight is 278 g/mol. The summed E-state index contributed by atoms with van der Waals surface area (Å²) < 4.78 is 31.3. The van der Waals surface area contributed by atoms with E-state index in [2.05, 4.69) is 4.98 Å². The highest BCUT2D eigenvalue weighted by atomic mass is 32.2. The van der Waals surface area contributed by atoms with Gasteiger partial charge in [0.2, 0.25) is 10.0 Å². The van der Waals surface area contributed by atoms with Crippen LogP contribution in [0, 0.1) is 0 Å². The fourth-order valence-electron chi connectivity index (χ4n) is 2.04. The lowest BCUT2D eigenvalue weighted by Crippen LogP contribution is -2.34. The van der Waals surface area contributed by atoms with Gasteiger partial charge in [0.25, 0.3) is 0 Å². The Hall–Kier alpha value is -1.82. The molecule has 0 unspecified atom stereocenters. The van der Waals surface area contributed by atoms with E-state index < -0.39 is 10.0 Å². The molecule has 3 rings (SSSR count). The normalized spacial score (nSPS) is 15.4. The molecule has 1 aromatic heterocycles. The Morgan fingerprint density at radius 2 is 2.00 bits per heavy atom. The van der Waals surface area contributed by atoms with Crippen LogP contribution in [0.1, 0.15) is 18.4 Å². The first-order valence-corrected chi connectivity index (χ1v) is 7.72. The van der Waals surface area contributed by atoms with E-state index in [0.717, 1.165) is 18.4 Å². The second-order valence-electron chi connectivity index (χ2n) is 4.62. The van der Waals surface area contributed by atoms with Gasteiger partial charge in [-0.2, -0.15) is 4.98 Å². The first-order chi connectivity index (χ1) is 9.17. The minimum absolute atomic E-state index is 0.0167. The molecule has 5 nitrogen and oxygen atoms in total. The summed E-state index contributed by atoms with van der Waals surface area (Å²) in [6.45, 7) is 0. The van der Waals surface area contributed by atoms with E-state index in [9.17, 15) is 8.42 Å². The van der Waals surface area contributed by atoms with Gasteiger partial charge in [-0.25, -0.2) is 12.7 Å². The van der Waals surface area contributed by atoms with Gasteiger partial charge in [0.05, 0.1) is 5.75 Å². The van der Waals surface area contributed by atoms with Crippen molar-refractivity contribution in [2.45, 2.75) is 24.6 Å². The van der Waals surface area contributed by atoms with Crippen LogP contribution in [0.25, 0.3) is 0 Å². The van der Waals surface area contributed by atoms with E-state index >= 15 is 0 Å². The maximum atomic E-state index is 12.5. The fourth-order valence-corrected chi connectivity index (χ4v) is 3.83. The largest absolute Gasteiger partial charge is 0.449 e. The summed E-state index contributed by atoms with van der Waals surface area (Å²) in [4.78, 5) is 3.97. The van der Waals surface area contributed by atoms with Crippen molar-refractivity contribution in [2.24, 2.45) is 0 Å². The number of hydrogen-bond donors (Lipinski definition) is 0. The van der Waals surface area contributed by atoms with Crippen molar-refractivity contribution in [3.63, 3.8) is 0 Å². The highest BCUT2D eigenvalue weighted by molar-refractivity contribution is 7.92. The number of rotatable bonds is 5. The quantitative estimate of drug-likeness (QED) is 0.841. The molecule has 0 atom stereocenters. The standard InChI is InChI=1S/C13H14N2O3S/c16-19(17,9-11-4-2-1-3-5-11)15(12-6-7-12)13-8-18-10-14-13/h1-5,8,10,12H,6-7,9H2. The Bertz CT molecular complexity index is 634. The lowest BCUT2D eigenvalue weighted by molar-refractivity contribution is 0.557. The number of anilines is 1. The van der Waals surface area contributed by atoms with Gasteiger partial charge in [0.1, 0.15) is 6.26 Å². The van der Waals surface area contributed by atoms with Gasteiger partial charge >= 0.3 is 0 Å². The summed E-state index contributed by atoms with van der Waals surface area (Å²) in [6.07, 6.45) is 4.38. The van der Waals surface area contributed by atoms with Crippen molar-refractivity contribution in [3.8, 4) is 0 Å². The molecule has 0 spiro atoms. The third kappa shape index (κ3) is 2.63. The zero-order chi connectivity index (χ0) is 13.3. The molecule has 100 valence electrons. The van der Waals surface area contributed by atoms with Crippen molar-refractivity contribution in [1.29, 1.82) is 0 Å². The molecule has 0 amide bonds. The molecule has 1 fully saturated rings. The summed E-state index contributed by atoms with van der Waals surface area (Å²) in [6, 6.07) is 9.19. The smallest absolute Gasteiger partial charge is 0.240 e. The molecular formula is C13H14N2O3S. The summed E-state index contributed by atoms with van der Waals surface area (Å²) >= 11 is 0. The lowest BCUT2D eigenvalue weighted by Gasteiger charge is -2.21. The molecule has 0 radical (unpaired) electrons. The second kappa shape index (κ2) is 4.70. The van der Waals surface area contributed by atoms with E-state index in [1.54, 1.807) is 0 Å². The molecule has 0 saturated heterocycles. The van der Waals surface area contributed by atoms with Crippen LogP contribution in [0.3, 0.4) is 0 Å². The van der Waals surface area contributed by atoms with Gasteiger partial charge in [0.15, 0.2) is 12.2 Å². The van der Waals surface area contributed by atoms with Crippen molar-refractivity contribution in [1.82, 2.24) is 4.98 Å². The molecule has 1 aliphatic rings. The molecule has 0 bridgehead atoms. The summed E-state index contributed by atoms with van der Waals surface area (Å²) in [7, 11) is -3.42. The molecule has 1 heterocycles. The Balaban J connectivity index is 1.89. The Morgan fingerprint density at radius 1 is 1.26 bits per heavy atom. The van der Waals surface area contributed by atoms with Crippen LogP contribution in [-0.2, 0) is 15.8 Å². The van der Waals surface area contributed by atoms with Crippen LogP contribution >= 0.6 is 0 Å². The zero-order valence-electron chi connectivity index (χ0n) is 10.3. The minimum Gasteiger partial charge on any atom is -0.449 e. The number of benzene rings is 1. The molecule has 6 heteroatoms. The molecular weight excluding hydrogens is 264 g/mol. The number of sulfonamides is 1. The summed E-state index contributed by atoms with van der Waals surface area (Å²) in [5.41, 5.74) is 0.775. The Morgan fingerprint density at radius 3 is 2.58 bits per heavy atom. The summed E-state index contributed by atoms with van der Waals surface area (Å²) in [5, 5.41) is 0. The predicted molar refractivity (Wildman–Crippen MR) is 71.1 cm³/mol. The van der Waals surface area contributed by atoms with Crippen LogP contribution in [0.4, 0.5) is 5.82 Å². The van der Waals surface area contributed by atoms with Crippen molar-refractivity contribution in [2.75, 3.05) is 4.31 Å². The number of nitrogens with zero attached hydrogens (tertiary/aromatic N) is 2. The molecule has 1 saturated carbocycles. The first kappa shape index (κ1) is 12.2. The molecule has 1 aliphatic carbocycles. The van der Waals surface area contributed by atoms with Crippen LogP contribution < -0.4 is 4.31 Å². The van der Waals surface area contributed by atoms with Gasteiger partial charge in [-0.05, 0) is 18.4 Å². The fraction of sp³-hybridized carbons (Fsp3) is 0.308. The van der Waals surface area contributed by atoms with E-state index in [1.165, 1.54) is 17.0 Å². The third-order valence-corrected chi connectivity index (χ3v) is 4.80. The molecule has 0 aliphatic heterocycles. The topological polar surface area (TPSA) is 63.4 Å². The number of oxazole rings is 1. The van der Waals surface area contributed by atoms with E-state index in [1.807, 2.05) is 30.3 Å². The van der Waals surface area contributed by atoms with Crippen molar-refractivity contribution < 1.29 is 12.8 Å². The highest BCUT2D eigenvalue weighted by Gasteiger charge is 2.38. The van der Waals surface area contributed by atoms with Gasteiger partial charge < -0.3 is 4.42 Å². The lowest BCUT2D eigenvalue weighted by atomic mass is 10.2. The van der Waals surface area contributed by atoms with Crippen molar-refractivity contribution >= 4 is 15.8 Å². The number of aromatic nitrogens is 1. The highest BCUT2D eigenvalue weighted by Crippen LogP contribution is 2.34. The molecule has 0 N–H and O–H groups in total. The minimum atomic E-state index is -3.42. The average Bonchev–Trinajstić information content (AvgIpc) is 3.04. The first-order valence-electron chi connectivity index (χ1n) is 6.11. The predicted octanol–water partition coefficient (Wildman–Crippen LogP) is 2.17. The van der Waals surface area contributed by atoms with Gasteiger partial charge in [-0.15, -0.1) is 0 Å². The van der Waals surface area contributed by atoms with Crippen LogP contribution in [0.5, 0.6) is 0 Å². The maximum Gasteiger partial charge on any atom is 0.240 e. The Labute approximate surface area is 111 Å². The van der Waals surface area contributed by atoms with E-state index in [4.69, 9.17) is 4.42 Å².